The lowest BCUT2D eigenvalue weighted by Gasteiger charge is -2.12. The molecule has 0 aliphatic rings. The van der Waals surface area contributed by atoms with Crippen LogP contribution in [0.3, 0.4) is 0 Å². The van der Waals surface area contributed by atoms with E-state index in [2.05, 4.69) is 6.92 Å². The fourth-order valence-corrected chi connectivity index (χ4v) is 2.83. The molecule has 0 bridgehead atoms. The molecule has 7 heteroatoms. The van der Waals surface area contributed by atoms with Crippen molar-refractivity contribution in [3.05, 3.63) is 28.6 Å². The molecule has 7 nitrogen and oxygen atoms in total. The molecule has 0 fully saturated rings. The summed E-state index contributed by atoms with van der Waals surface area (Å²) in [4.78, 5) is 23.7. The van der Waals surface area contributed by atoms with Gasteiger partial charge in [0.25, 0.3) is 0 Å². The largest absolute Gasteiger partial charge is 0.503 e. The Morgan fingerprint density at radius 1 is 1.07 bits per heavy atom. The highest BCUT2D eigenvalue weighted by Gasteiger charge is 2.19. The molecular weight excluding hydrogens is 364 g/mol. The number of hydrogen-bond acceptors (Lipinski definition) is 7. The molecule has 154 valence electrons. The van der Waals surface area contributed by atoms with Gasteiger partial charge in [-0.2, -0.15) is 0 Å². The van der Waals surface area contributed by atoms with Gasteiger partial charge in [-0.1, -0.05) is 45.1 Å². The number of hydrogen-bond donors (Lipinski definition) is 1. The third-order valence-corrected chi connectivity index (χ3v) is 4.22. The summed E-state index contributed by atoms with van der Waals surface area (Å²) in [5, 5.41) is 10.8. The summed E-state index contributed by atoms with van der Waals surface area (Å²) in [6.07, 6.45) is 6.46. The first-order valence-electron chi connectivity index (χ1n) is 9.78. The lowest BCUT2D eigenvalue weighted by Crippen LogP contribution is -2.15. The van der Waals surface area contributed by atoms with Crippen molar-refractivity contribution in [2.24, 2.45) is 0 Å². The smallest absolute Gasteiger partial charge is 0.383 e. The van der Waals surface area contributed by atoms with Crippen LogP contribution >= 0.6 is 0 Å². The highest BCUT2D eigenvalue weighted by atomic mass is 16.6. The van der Waals surface area contributed by atoms with Gasteiger partial charge in [0.05, 0.1) is 13.2 Å². The molecule has 2 rings (SSSR count). The van der Waals surface area contributed by atoms with E-state index in [9.17, 15) is 14.7 Å². The molecule has 1 aromatic heterocycles. The van der Waals surface area contributed by atoms with Crippen molar-refractivity contribution in [2.75, 3.05) is 19.8 Å². The number of esters is 1. The zero-order valence-electron chi connectivity index (χ0n) is 16.5. The second-order valence-electron chi connectivity index (χ2n) is 6.41. The lowest BCUT2D eigenvalue weighted by molar-refractivity contribution is -0.145. The Hall–Kier alpha value is -2.70. The second kappa shape index (κ2) is 11.2. The average molecular weight is 392 g/mol. The van der Waals surface area contributed by atoms with Gasteiger partial charge in [-0.25, -0.2) is 9.59 Å². The number of ether oxygens (including phenoxy) is 3. The number of aromatic hydroxyl groups is 1. The minimum atomic E-state index is -0.751. The molecule has 0 unspecified atom stereocenters. The van der Waals surface area contributed by atoms with E-state index in [1.165, 1.54) is 25.3 Å². The van der Waals surface area contributed by atoms with Crippen molar-refractivity contribution in [3.63, 3.8) is 0 Å². The highest BCUT2D eigenvalue weighted by Crippen LogP contribution is 2.37. The molecule has 1 aromatic carbocycles. The van der Waals surface area contributed by atoms with E-state index < -0.39 is 11.6 Å². The molecule has 1 heterocycles. The fraction of sp³-hybridized carbons (Fsp3) is 0.524. The number of unbranched alkanes of at least 4 members (excludes halogenated alkanes) is 5. The van der Waals surface area contributed by atoms with E-state index in [0.29, 0.717) is 6.61 Å². The summed E-state index contributed by atoms with van der Waals surface area (Å²) < 4.78 is 21.0. The molecule has 0 saturated carbocycles. The fourth-order valence-electron chi connectivity index (χ4n) is 2.83. The maximum absolute atomic E-state index is 12.2. The molecule has 0 amide bonds. The molecular formula is C21H28O7. The molecule has 0 saturated heterocycles. The number of carbonyl (C=O) groups excluding carboxylic acids is 1. The van der Waals surface area contributed by atoms with E-state index in [0.717, 1.165) is 19.3 Å². The second-order valence-corrected chi connectivity index (χ2v) is 6.41. The van der Waals surface area contributed by atoms with Crippen LogP contribution in [0.2, 0.25) is 0 Å². The number of rotatable bonds is 12. The minimum absolute atomic E-state index is 0.149. The lowest BCUT2D eigenvalue weighted by atomic mass is 10.1. The van der Waals surface area contributed by atoms with Crippen molar-refractivity contribution < 1.29 is 28.5 Å². The molecule has 1 N–H and O–H groups in total. The predicted octanol–water partition coefficient (Wildman–Crippen LogP) is 4.18. The van der Waals surface area contributed by atoms with Crippen LogP contribution in [-0.2, 0) is 9.53 Å². The standard InChI is InChI=1S/C21H28O7/c1-3-5-6-7-8-9-13-26-20-19(23)18-15(27-14-17(22)25-4-2)11-10-12-16(18)28-21(20)24/h10-12,23H,3-9,13-14H2,1-2H3. The number of carbonyl (C=O) groups is 1. The molecule has 0 aliphatic heterocycles. The average Bonchev–Trinajstić information content (AvgIpc) is 2.67. The predicted molar refractivity (Wildman–Crippen MR) is 105 cm³/mol. The Morgan fingerprint density at radius 2 is 1.82 bits per heavy atom. The Labute approximate surface area is 164 Å². The van der Waals surface area contributed by atoms with Gasteiger partial charge in [-0.05, 0) is 25.5 Å². The van der Waals surface area contributed by atoms with Crippen molar-refractivity contribution in [1.29, 1.82) is 0 Å². The van der Waals surface area contributed by atoms with Crippen LogP contribution in [0.1, 0.15) is 52.4 Å². The molecule has 0 atom stereocenters. The van der Waals surface area contributed by atoms with Crippen LogP contribution in [0.5, 0.6) is 17.2 Å². The van der Waals surface area contributed by atoms with Gasteiger partial charge in [-0.15, -0.1) is 0 Å². The van der Waals surface area contributed by atoms with E-state index in [1.807, 2.05) is 0 Å². The maximum atomic E-state index is 12.2. The van der Waals surface area contributed by atoms with E-state index in [4.69, 9.17) is 18.6 Å². The van der Waals surface area contributed by atoms with Crippen LogP contribution in [0, 0.1) is 0 Å². The summed E-state index contributed by atoms with van der Waals surface area (Å²) >= 11 is 0. The Morgan fingerprint density at radius 3 is 2.57 bits per heavy atom. The summed E-state index contributed by atoms with van der Waals surface area (Å²) in [5.74, 6) is -0.919. The molecule has 0 radical (unpaired) electrons. The van der Waals surface area contributed by atoms with Crippen LogP contribution in [0.4, 0.5) is 0 Å². The van der Waals surface area contributed by atoms with Gasteiger partial charge in [0.15, 0.2) is 12.4 Å². The third kappa shape index (κ3) is 5.90. The van der Waals surface area contributed by atoms with Gasteiger partial charge in [0.2, 0.25) is 5.75 Å². The van der Waals surface area contributed by atoms with Gasteiger partial charge in [0, 0.05) is 0 Å². The Balaban J connectivity index is 2.11. The van der Waals surface area contributed by atoms with Gasteiger partial charge >= 0.3 is 11.6 Å². The zero-order chi connectivity index (χ0) is 20.4. The highest BCUT2D eigenvalue weighted by molar-refractivity contribution is 5.91. The normalized spacial score (nSPS) is 10.8. The summed E-state index contributed by atoms with van der Waals surface area (Å²) in [7, 11) is 0. The van der Waals surface area contributed by atoms with E-state index in [1.54, 1.807) is 19.1 Å². The molecule has 0 aliphatic carbocycles. The van der Waals surface area contributed by atoms with Gasteiger partial charge < -0.3 is 23.7 Å². The summed E-state index contributed by atoms with van der Waals surface area (Å²) in [5.41, 5.74) is -0.602. The van der Waals surface area contributed by atoms with Crippen LogP contribution in [-0.4, -0.2) is 30.9 Å². The van der Waals surface area contributed by atoms with Gasteiger partial charge in [-0.3, -0.25) is 0 Å². The van der Waals surface area contributed by atoms with Crippen LogP contribution in [0.25, 0.3) is 11.0 Å². The SMILES string of the molecule is CCCCCCCCOc1c(O)c2c(OCC(=O)OCC)cccc2oc1=O. The molecule has 0 spiro atoms. The van der Waals surface area contributed by atoms with Crippen molar-refractivity contribution >= 4 is 16.9 Å². The molecule has 28 heavy (non-hydrogen) atoms. The van der Waals surface area contributed by atoms with Gasteiger partial charge in [0.1, 0.15) is 16.7 Å². The maximum Gasteiger partial charge on any atom is 0.383 e. The summed E-state index contributed by atoms with van der Waals surface area (Å²) in [6.45, 7) is 4.09. The Kier molecular flexibility index (Phi) is 8.65. The monoisotopic (exact) mass is 392 g/mol. The first-order chi connectivity index (χ1) is 13.6. The number of fused-ring (bicyclic) bond motifs is 1. The summed E-state index contributed by atoms with van der Waals surface area (Å²) in [6, 6.07) is 4.70. The first kappa shape index (κ1) is 21.6. The van der Waals surface area contributed by atoms with Crippen molar-refractivity contribution in [2.45, 2.75) is 52.4 Å². The third-order valence-electron chi connectivity index (χ3n) is 4.22. The minimum Gasteiger partial charge on any atom is -0.503 e. The van der Waals surface area contributed by atoms with E-state index >= 15 is 0 Å². The van der Waals surface area contributed by atoms with Crippen molar-refractivity contribution in [3.8, 4) is 17.2 Å². The topological polar surface area (TPSA) is 95.2 Å². The number of benzene rings is 1. The first-order valence-corrected chi connectivity index (χ1v) is 9.78. The Bertz CT molecular complexity index is 825. The van der Waals surface area contributed by atoms with Crippen molar-refractivity contribution in [1.82, 2.24) is 0 Å². The van der Waals surface area contributed by atoms with Crippen LogP contribution < -0.4 is 15.1 Å². The molecule has 2 aromatic rings. The van der Waals surface area contributed by atoms with E-state index in [-0.39, 0.29) is 41.4 Å². The van der Waals surface area contributed by atoms with Crippen LogP contribution in [0.15, 0.2) is 27.4 Å². The zero-order valence-corrected chi connectivity index (χ0v) is 16.5. The quantitative estimate of drug-likeness (QED) is 0.329.